The molecule has 0 fully saturated rings. The predicted octanol–water partition coefficient (Wildman–Crippen LogP) is 22.6. The minimum Gasteiger partial charge on any atom is -0.756 e. The molecular formula is C76H134NO8P. The van der Waals surface area contributed by atoms with Gasteiger partial charge in [-0.15, -0.1) is 0 Å². The number of carbonyl (C=O) groups is 2. The molecule has 496 valence electrons. The van der Waals surface area contributed by atoms with Crippen LogP contribution in [0.4, 0.5) is 0 Å². The molecule has 0 aromatic carbocycles. The van der Waals surface area contributed by atoms with Gasteiger partial charge in [-0.1, -0.05) is 322 Å². The van der Waals surface area contributed by atoms with Gasteiger partial charge in [0.2, 0.25) is 0 Å². The number of esters is 2. The number of ether oxygens (including phenoxy) is 2. The average molecular weight is 1220 g/mol. The molecule has 2 unspecified atom stereocenters. The van der Waals surface area contributed by atoms with Crippen molar-refractivity contribution in [3.8, 4) is 0 Å². The summed E-state index contributed by atoms with van der Waals surface area (Å²) in [7, 11) is 1.15. The van der Waals surface area contributed by atoms with Gasteiger partial charge >= 0.3 is 11.9 Å². The second-order valence-corrected chi connectivity index (χ2v) is 26.3. The molecule has 0 spiro atoms. The third-order valence-electron chi connectivity index (χ3n) is 15.3. The molecule has 86 heavy (non-hydrogen) atoms. The largest absolute Gasteiger partial charge is 0.756 e. The van der Waals surface area contributed by atoms with Crippen LogP contribution < -0.4 is 4.89 Å². The van der Waals surface area contributed by atoms with Gasteiger partial charge in [0, 0.05) is 12.8 Å². The van der Waals surface area contributed by atoms with Crippen molar-refractivity contribution in [3.63, 3.8) is 0 Å². The third-order valence-corrected chi connectivity index (χ3v) is 16.3. The minimum atomic E-state index is -4.65. The standard InChI is InChI=1S/C76H134NO8P/c1-6-8-10-12-14-16-18-20-22-24-26-28-30-32-34-36-37-38-39-41-43-45-47-49-51-53-55-57-59-61-63-65-67-69-76(79)85-74(73-84-86(80,81)83-71-70-77(3,4)5)72-82-75(78)68-66-64-62-60-58-56-54-52-50-48-46-44-42-40-35-33-31-29-27-25-23-21-19-17-15-13-11-9-7-2/h8,10,14,16,20,22,26,28,32,34,37-38,41,43,47,49,53,55,74H,6-7,9,11-13,15,17-19,21,23-25,27,29-31,33,35-36,39-40,42,44-46,48,50-52,54,56-73H2,1-5H3/b10-8-,16-14-,22-20-,28-26-,34-32-,38-37-,43-41-,49-47-,55-53-. The first kappa shape index (κ1) is 82.7. The summed E-state index contributed by atoms with van der Waals surface area (Å²) in [5.41, 5.74) is 0. The molecule has 0 saturated carbocycles. The zero-order valence-corrected chi connectivity index (χ0v) is 57.4. The zero-order chi connectivity index (χ0) is 62.6. The van der Waals surface area contributed by atoms with Crippen LogP contribution >= 0.6 is 7.82 Å². The molecule has 0 aliphatic rings. The van der Waals surface area contributed by atoms with Crippen LogP contribution in [0.5, 0.6) is 0 Å². The minimum absolute atomic E-state index is 0.0389. The summed E-state index contributed by atoms with van der Waals surface area (Å²) >= 11 is 0. The number of hydrogen-bond acceptors (Lipinski definition) is 8. The van der Waals surface area contributed by atoms with Crippen molar-refractivity contribution in [3.05, 3.63) is 109 Å². The SMILES string of the molecule is CC/C=C\C/C=C\C/C=C\C/C=C\C/C=C\C/C=C\C/C=C\C/C=C\C/C=C\CCCCCCCC(=O)OC(COC(=O)CCCCCCCCCCCCCCCCCCCCCCCCCCCCCCC)COP(=O)([O-])OCC[N+](C)(C)C. The highest BCUT2D eigenvalue weighted by atomic mass is 31.2. The average Bonchev–Trinajstić information content (AvgIpc) is 3.70. The van der Waals surface area contributed by atoms with Gasteiger partial charge in [-0.05, 0) is 83.5 Å². The van der Waals surface area contributed by atoms with Crippen LogP contribution in [0.25, 0.3) is 0 Å². The number of quaternary nitrogens is 1. The fourth-order valence-corrected chi connectivity index (χ4v) is 10.6. The lowest BCUT2D eigenvalue weighted by Crippen LogP contribution is -2.37. The summed E-state index contributed by atoms with van der Waals surface area (Å²) in [5.74, 6) is -0.850. The number of allylic oxidation sites excluding steroid dienone is 18. The Morgan fingerprint density at radius 1 is 0.372 bits per heavy atom. The quantitative estimate of drug-likeness (QED) is 0.0195. The van der Waals surface area contributed by atoms with E-state index in [4.69, 9.17) is 18.5 Å². The maximum absolute atomic E-state index is 12.9. The highest BCUT2D eigenvalue weighted by Gasteiger charge is 2.22. The van der Waals surface area contributed by atoms with E-state index in [1.165, 1.54) is 167 Å². The van der Waals surface area contributed by atoms with Gasteiger partial charge in [0.05, 0.1) is 27.7 Å². The molecule has 0 amide bonds. The Morgan fingerprint density at radius 2 is 0.663 bits per heavy atom. The van der Waals surface area contributed by atoms with Crippen molar-refractivity contribution in [1.29, 1.82) is 0 Å². The van der Waals surface area contributed by atoms with Gasteiger partial charge in [-0.2, -0.15) is 0 Å². The third kappa shape index (κ3) is 69.8. The van der Waals surface area contributed by atoms with E-state index in [2.05, 4.69) is 123 Å². The number of phosphoric ester groups is 1. The molecule has 0 heterocycles. The zero-order valence-electron chi connectivity index (χ0n) is 56.5. The van der Waals surface area contributed by atoms with Crippen molar-refractivity contribution in [2.45, 2.75) is 315 Å². The van der Waals surface area contributed by atoms with E-state index in [1.54, 1.807) is 0 Å². The van der Waals surface area contributed by atoms with Crippen LogP contribution in [0.2, 0.25) is 0 Å². The lowest BCUT2D eigenvalue weighted by atomic mass is 10.0. The summed E-state index contributed by atoms with van der Waals surface area (Å²) < 4.78 is 34.3. The molecule has 0 saturated heterocycles. The van der Waals surface area contributed by atoms with E-state index < -0.39 is 26.5 Å². The van der Waals surface area contributed by atoms with E-state index in [0.29, 0.717) is 17.4 Å². The second-order valence-electron chi connectivity index (χ2n) is 24.9. The van der Waals surface area contributed by atoms with Crippen molar-refractivity contribution in [1.82, 2.24) is 0 Å². The lowest BCUT2D eigenvalue weighted by Gasteiger charge is -2.28. The molecule has 9 nitrogen and oxygen atoms in total. The first-order chi connectivity index (χ1) is 42.0. The van der Waals surface area contributed by atoms with Crippen LogP contribution in [-0.4, -0.2) is 70.0 Å². The van der Waals surface area contributed by atoms with Crippen LogP contribution in [0.15, 0.2) is 109 Å². The van der Waals surface area contributed by atoms with E-state index >= 15 is 0 Å². The predicted molar refractivity (Wildman–Crippen MR) is 369 cm³/mol. The van der Waals surface area contributed by atoms with Crippen molar-refractivity contribution < 1.29 is 42.1 Å². The molecule has 0 aromatic heterocycles. The highest BCUT2D eigenvalue weighted by molar-refractivity contribution is 7.45. The van der Waals surface area contributed by atoms with Crippen molar-refractivity contribution in [2.75, 3.05) is 47.5 Å². The highest BCUT2D eigenvalue weighted by Crippen LogP contribution is 2.38. The summed E-state index contributed by atoms with van der Waals surface area (Å²) in [4.78, 5) is 38.1. The Balaban J connectivity index is 4.11. The van der Waals surface area contributed by atoms with Crippen LogP contribution in [0, 0.1) is 0 Å². The number of unbranched alkanes of at least 4 members (excludes halogenated alkanes) is 33. The van der Waals surface area contributed by atoms with E-state index in [-0.39, 0.29) is 32.0 Å². The van der Waals surface area contributed by atoms with Gasteiger partial charge in [0.25, 0.3) is 7.82 Å². The van der Waals surface area contributed by atoms with Gasteiger partial charge in [0.1, 0.15) is 19.8 Å². The smallest absolute Gasteiger partial charge is 0.306 e. The second kappa shape index (κ2) is 66.1. The summed E-state index contributed by atoms with van der Waals surface area (Å²) in [6, 6.07) is 0. The Bertz CT molecular complexity index is 1820. The normalized spacial score (nSPS) is 13.8. The van der Waals surface area contributed by atoms with Crippen LogP contribution in [0.3, 0.4) is 0 Å². The van der Waals surface area contributed by atoms with E-state index in [1.807, 2.05) is 21.1 Å². The molecule has 0 aromatic rings. The molecule has 0 bridgehead atoms. The first-order valence-corrected chi connectivity index (χ1v) is 37.1. The monoisotopic (exact) mass is 1220 g/mol. The molecule has 10 heteroatoms. The Morgan fingerprint density at radius 3 is 0.988 bits per heavy atom. The van der Waals surface area contributed by atoms with E-state index in [0.717, 1.165) is 109 Å². The van der Waals surface area contributed by atoms with Gasteiger partial charge in [-0.3, -0.25) is 14.2 Å². The molecule has 2 atom stereocenters. The maximum atomic E-state index is 12.9. The number of carbonyl (C=O) groups excluding carboxylic acids is 2. The summed E-state index contributed by atoms with van der Waals surface area (Å²) in [6.45, 7) is 4.13. The van der Waals surface area contributed by atoms with Crippen LogP contribution in [-0.2, 0) is 32.7 Å². The number of likely N-dealkylation sites (N-methyl/N-ethyl adjacent to an activating group) is 1. The fourth-order valence-electron chi connectivity index (χ4n) is 9.89. The Labute approximate surface area is 531 Å². The molecule has 0 N–H and O–H groups in total. The van der Waals surface area contributed by atoms with Gasteiger partial charge in [0.15, 0.2) is 6.10 Å². The van der Waals surface area contributed by atoms with Gasteiger partial charge < -0.3 is 27.9 Å². The molecule has 0 radical (unpaired) electrons. The number of rotatable bonds is 65. The Kier molecular flexibility index (Phi) is 63.5. The van der Waals surface area contributed by atoms with Crippen molar-refractivity contribution >= 4 is 19.8 Å². The van der Waals surface area contributed by atoms with Gasteiger partial charge in [-0.25, -0.2) is 0 Å². The molecule has 0 aliphatic carbocycles. The van der Waals surface area contributed by atoms with Crippen molar-refractivity contribution in [2.24, 2.45) is 0 Å². The Hall–Kier alpha value is -3.33. The summed E-state index contributed by atoms with van der Waals surface area (Å²) in [5, 5.41) is 0. The number of hydrogen-bond donors (Lipinski definition) is 0. The fraction of sp³-hybridized carbons (Fsp3) is 0.737. The molecule has 0 aliphatic heterocycles. The lowest BCUT2D eigenvalue weighted by molar-refractivity contribution is -0.870. The number of phosphoric acid groups is 1. The van der Waals surface area contributed by atoms with Crippen LogP contribution in [0.1, 0.15) is 309 Å². The molecule has 0 rings (SSSR count). The van der Waals surface area contributed by atoms with E-state index in [9.17, 15) is 19.0 Å². The first-order valence-electron chi connectivity index (χ1n) is 35.6. The summed E-state index contributed by atoms with van der Waals surface area (Å²) in [6.07, 6.45) is 93.2. The molecular weight excluding hydrogens is 1090 g/mol. The number of nitrogens with zero attached hydrogens (tertiary/aromatic N) is 1. The maximum Gasteiger partial charge on any atom is 0.306 e. The topological polar surface area (TPSA) is 111 Å².